The van der Waals surface area contributed by atoms with Crippen LogP contribution in [0.4, 0.5) is 0 Å². The maximum absolute atomic E-state index is 12.5. The van der Waals surface area contributed by atoms with Gasteiger partial charge in [0.05, 0.1) is 28.7 Å². The van der Waals surface area contributed by atoms with Crippen molar-refractivity contribution in [2.75, 3.05) is 0 Å². The average molecular weight is 427 g/mol. The number of sulfonamides is 1. The fraction of sp³-hybridized carbons (Fsp3) is 0.136. The molecule has 0 heterocycles. The number of ether oxygens (including phenoxy) is 1. The molecule has 0 aliphatic rings. The van der Waals surface area contributed by atoms with Crippen LogP contribution in [0.5, 0.6) is 0 Å². The van der Waals surface area contributed by atoms with Crippen LogP contribution in [0.25, 0.3) is 0 Å². The molecule has 148 valence electrons. The number of nitrogens with one attached hydrogen (secondary N) is 1. The molecule has 1 N–H and O–H groups in total. The SMILES string of the molecule is N#Cc1ccc(S(=O)(=O)NCc2cccc(COCc3ccccc3)c2)cc1Cl. The highest BCUT2D eigenvalue weighted by Crippen LogP contribution is 2.20. The first-order chi connectivity index (χ1) is 14.0. The summed E-state index contributed by atoms with van der Waals surface area (Å²) >= 11 is 5.94. The third-order valence-electron chi connectivity index (χ3n) is 4.21. The first kappa shape index (κ1) is 21.0. The molecule has 0 saturated carbocycles. The van der Waals surface area contributed by atoms with Crippen LogP contribution >= 0.6 is 11.6 Å². The highest BCUT2D eigenvalue weighted by molar-refractivity contribution is 7.89. The second-order valence-electron chi connectivity index (χ2n) is 6.38. The van der Waals surface area contributed by atoms with Gasteiger partial charge in [0, 0.05) is 6.54 Å². The molecule has 0 aliphatic heterocycles. The van der Waals surface area contributed by atoms with Gasteiger partial charge in [-0.3, -0.25) is 0 Å². The predicted molar refractivity (Wildman–Crippen MR) is 112 cm³/mol. The van der Waals surface area contributed by atoms with E-state index in [9.17, 15) is 8.42 Å². The van der Waals surface area contributed by atoms with Gasteiger partial charge in [0.15, 0.2) is 0 Å². The predicted octanol–water partition coefficient (Wildman–Crippen LogP) is 4.41. The zero-order valence-corrected chi connectivity index (χ0v) is 17.1. The lowest BCUT2D eigenvalue weighted by Gasteiger charge is -2.10. The Kier molecular flexibility index (Phi) is 7.02. The summed E-state index contributed by atoms with van der Waals surface area (Å²) in [6, 6.07) is 23.4. The van der Waals surface area contributed by atoms with Gasteiger partial charge in [-0.25, -0.2) is 13.1 Å². The van der Waals surface area contributed by atoms with E-state index in [2.05, 4.69) is 4.72 Å². The Morgan fingerprint density at radius 3 is 2.31 bits per heavy atom. The van der Waals surface area contributed by atoms with E-state index >= 15 is 0 Å². The first-order valence-electron chi connectivity index (χ1n) is 8.87. The molecule has 0 aromatic heterocycles. The number of nitriles is 1. The molecule has 3 aromatic rings. The summed E-state index contributed by atoms with van der Waals surface area (Å²) in [5.74, 6) is 0. The van der Waals surface area contributed by atoms with Gasteiger partial charge in [0.1, 0.15) is 6.07 Å². The molecule has 3 aromatic carbocycles. The monoisotopic (exact) mass is 426 g/mol. The molecular formula is C22H19ClN2O3S. The smallest absolute Gasteiger partial charge is 0.240 e. The molecule has 0 unspecified atom stereocenters. The molecule has 0 atom stereocenters. The van der Waals surface area contributed by atoms with E-state index in [1.165, 1.54) is 18.2 Å². The zero-order chi connectivity index (χ0) is 20.7. The lowest BCUT2D eigenvalue weighted by atomic mass is 10.1. The molecule has 0 saturated heterocycles. The van der Waals surface area contributed by atoms with Crippen molar-refractivity contribution in [2.24, 2.45) is 0 Å². The number of rotatable bonds is 8. The summed E-state index contributed by atoms with van der Waals surface area (Å²) in [7, 11) is -3.75. The van der Waals surface area contributed by atoms with Crippen LogP contribution in [0.15, 0.2) is 77.7 Å². The largest absolute Gasteiger partial charge is 0.372 e. The number of benzene rings is 3. The van der Waals surface area contributed by atoms with Crippen molar-refractivity contribution in [1.29, 1.82) is 5.26 Å². The maximum Gasteiger partial charge on any atom is 0.240 e. The lowest BCUT2D eigenvalue weighted by Crippen LogP contribution is -2.23. The Labute approximate surface area is 175 Å². The summed E-state index contributed by atoms with van der Waals surface area (Å²) in [6.07, 6.45) is 0. The van der Waals surface area contributed by atoms with Crippen LogP contribution in [0, 0.1) is 11.3 Å². The Morgan fingerprint density at radius 2 is 1.59 bits per heavy atom. The summed E-state index contributed by atoms with van der Waals surface area (Å²) < 4.78 is 33.3. The summed E-state index contributed by atoms with van der Waals surface area (Å²) in [5.41, 5.74) is 3.10. The van der Waals surface area contributed by atoms with Crippen molar-refractivity contribution in [2.45, 2.75) is 24.7 Å². The molecular weight excluding hydrogens is 408 g/mol. The van der Waals surface area contributed by atoms with E-state index in [0.717, 1.165) is 16.7 Å². The number of hydrogen-bond acceptors (Lipinski definition) is 4. The van der Waals surface area contributed by atoms with Gasteiger partial charge >= 0.3 is 0 Å². The fourth-order valence-electron chi connectivity index (χ4n) is 2.71. The minimum atomic E-state index is -3.75. The van der Waals surface area contributed by atoms with Crippen molar-refractivity contribution < 1.29 is 13.2 Å². The van der Waals surface area contributed by atoms with Crippen molar-refractivity contribution >= 4 is 21.6 Å². The highest BCUT2D eigenvalue weighted by Gasteiger charge is 2.15. The molecule has 0 bridgehead atoms. The number of nitrogens with zero attached hydrogens (tertiary/aromatic N) is 1. The highest BCUT2D eigenvalue weighted by atomic mass is 35.5. The lowest BCUT2D eigenvalue weighted by molar-refractivity contribution is 0.107. The molecule has 29 heavy (non-hydrogen) atoms. The van der Waals surface area contributed by atoms with E-state index in [1.54, 1.807) is 0 Å². The van der Waals surface area contributed by atoms with Crippen molar-refractivity contribution in [1.82, 2.24) is 4.72 Å². The van der Waals surface area contributed by atoms with E-state index < -0.39 is 10.0 Å². The van der Waals surface area contributed by atoms with Crippen molar-refractivity contribution in [3.05, 3.63) is 100 Å². The molecule has 0 amide bonds. The van der Waals surface area contributed by atoms with Crippen LogP contribution in [-0.2, 0) is 34.5 Å². The Balaban J connectivity index is 1.59. The van der Waals surface area contributed by atoms with Crippen LogP contribution in [0.3, 0.4) is 0 Å². The van der Waals surface area contributed by atoms with Crippen LogP contribution < -0.4 is 4.72 Å². The molecule has 0 aliphatic carbocycles. The summed E-state index contributed by atoms with van der Waals surface area (Å²) in [5, 5.41) is 9.01. The van der Waals surface area contributed by atoms with Crippen LogP contribution in [0.2, 0.25) is 5.02 Å². The first-order valence-corrected chi connectivity index (χ1v) is 10.7. The third kappa shape index (κ3) is 5.89. The normalized spacial score (nSPS) is 11.2. The second-order valence-corrected chi connectivity index (χ2v) is 8.55. The Morgan fingerprint density at radius 1 is 0.897 bits per heavy atom. The molecule has 7 heteroatoms. The van der Waals surface area contributed by atoms with Gasteiger partial charge in [0.2, 0.25) is 10.0 Å². The average Bonchev–Trinajstić information content (AvgIpc) is 2.73. The summed E-state index contributed by atoms with van der Waals surface area (Å²) in [6.45, 7) is 1.07. The molecule has 5 nitrogen and oxygen atoms in total. The molecule has 3 rings (SSSR count). The van der Waals surface area contributed by atoms with E-state index in [-0.39, 0.29) is 22.0 Å². The Hall–Kier alpha value is -2.69. The molecule has 0 spiro atoms. The molecule has 0 radical (unpaired) electrons. The van der Waals surface area contributed by atoms with Gasteiger partial charge in [-0.1, -0.05) is 66.2 Å². The van der Waals surface area contributed by atoms with E-state index in [4.69, 9.17) is 21.6 Å². The van der Waals surface area contributed by atoms with Crippen LogP contribution in [0.1, 0.15) is 22.3 Å². The van der Waals surface area contributed by atoms with Gasteiger partial charge in [-0.05, 0) is 34.9 Å². The fourth-order valence-corrected chi connectivity index (χ4v) is 4.04. The van der Waals surface area contributed by atoms with Gasteiger partial charge < -0.3 is 4.74 Å². The van der Waals surface area contributed by atoms with E-state index in [0.29, 0.717) is 13.2 Å². The quantitative estimate of drug-likeness (QED) is 0.578. The number of hydrogen-bond donors (Lipinski definition) is 1. The zero-order valence-electron chi connectivity index (χ0n) is 15.5. The van der Waals surface area contributed by atoms with Gasteiger partial charge in [0.25, 0.3) is 0 Å². The third-order valence-corrected chi connectivity index (χ3v) is 5.92. The topological polar surface area (TPSA) is 79.2 Å². The van der Waals surface area contributed by atoms with Gasteiger partial charge in [-0.2, -0.15) is 5.26 Å². The standard InChI is InChI=1S/C22H19ClN2O3S/c23-22-12-21(10-9-20(22)13-24)29(26,27)25-14-18-7-4-8-19(11-18)16-28-15-17-5-2-1-3-6-17/h1-12,25H,14-16H2. The minimum Gasteiger partial charge on any atom is -0.372 e. The molecule has 0 fully saturated rings. The Bertz CT molecular complexity index is 1130. The minimum absolute atomic E-state index is 0.0175. The van der Waals surface area contributed by atoms with E-state index in [1.807, 2.05) is 60.7 Å². The maximum atomic E-state index is 12.5. The van der Waals surface area contributed by atoms with Crippen LogP contribution in [-0.4, -0.2) is 8.42 Å². The summed E-state index contributed by atoms with van der Waals surface area (Å²) in [4.78, 5) is 0.0175. The second kappa shape index (κ2) is 9.68. The number of halogens is 1. The van der Waals surface area contributed by atoms with Crippen molar-refractivity contribution in [3.8, 4) is 6.07 Å². The van der Waals surface area contributed by atoms with Crippen molar-refractivity contribution in [3.63, 3.8) is 0 Å². The van der Waals surface area contributed by atoms with Gasteiger partial charge in [-0.15, -0.1) is 0 Å².